The molecule has 0 unspecified atom stereocenters. The molecular formula is C28H27BrN2O. The fraction of sp³-hybridized carbons (Fsp3) is 0.179. The predicted molar refractivity (Wildman–Crippen MR) is 133 cm³/mol. The largest absolute Gasteiger partial charge is 0.488 e. The molecule has 4 rings (SSSR count). The summed E-state index contributed by atoms with van der Waals surface area (Å²) in [5.41, 5.74) is 4.99. The molecule has 0 aliphatic rings. The molecule has 0 saturated heterocycles. The van der Waals surface area contributed by atoms with Gasteiger partial charge in [-0.15, -0.1) is 0 Å². The highest BCUT2D eigenvalue weighted by atomic mass is 79.9. The van der Waals surface area contributed by atoms with Crippen LogP contribution in [0, 0.1) is 0 Å². The molecule has 4 aromatic rings. The van der Waals surface area contributed by atoms with Crippen molar-refractivity contribution >= 4 is 15.9 Å². The monoisotopic (exact) mass is 486 g/mol. The Morgan fingerprint density at radius 1 is 0.719 bits per heavy atom. The summed E-state index contributed by atoms with van der Waals surface area (Å²) in [6.45, 7) is 3.26. The first kappa shape index (κ1) is 22.3. The molecule has 0 spiro atoms. The predicted octanol–water partition coefficient (Wildman–Crippen LogP) is 6.67. The summed E-state index contributed by atoms with van der Waals surface area (Å²) >= 11 is 3.70. The molecule has 32 heavy (non-hydrogen) atoms. The molecule has 0 N–H and O–H groups in total. The number of hydrogen-bond acceptors (Lipinski definition) is 3. The van der Waals surface area contributed by atoms with Crippen LogP contribution in [0.2, 0.25) is 0 Å². The van der Waals surface area contributed by atoms with Gasteiger partial charge in [-0.2, -0.15) is 0 Å². The summed E-state index contributed by atoms with van der Waals surface area (Å²) in [7, 11) is 0. The standard InChI is InChI=1S/C28H27BrN2O/c29-27-18-25(13-14-28(27)32-22-24-10-5-2-6-11-24)20-31(21-26-12-7-16-30-19-26)17-15-23-8-3-1-4-9-23/h1-14,16,18-19H,15,17,20-22H2. The highest BCUT2D eigenvalue weighted by molar-refractivity contribution is 9.10. The van der Waals surface area contributed by atoms with Crippen LogP contribution in [0.5, 0.6) is 5.75 Å². The van der Waals surface area contributed by atoms with Crippen molar-refractivity contribution in [2.24, 2.45) is 0 Å². The van der Waals surface area contributed by atoms with Crippen molar-refractivity contribution in [2.75, 3.05) is 6.54 Å². The number of aromatic nitrogens is 1. The molecular weight excluding hydrogens is 460 g/mol. The van der Waals surface area contributed by atoms with Crippen LogP contribution in [0.15, 0.2) is 108 Å². The SMILES string of the molecule is Brc1cc(CN(CCc2ccccc2)Cc2cccnc2)ccc1OCc1ccccc1. The molecule has 0 atom stereocenters. The number of pyridine rings is 1. The molecule has 0 bridgehead atoms. The molecule has 0 aliphatic heterocycles. The molecule has 0 fully saturated rings. The minimum atomic E-state index is 0.559. The van der Waals surface area contributed by atoms with Gasteiger partial charge in [0.2, 0.25) is 0 Å². The zero-order valence-electron chi connectivity index (χ0n) is 18.0. The van der Waals surface area contributed by atoms with Gasteiger partial charge in [-0.25, -0.2) is 0 Å². The summed E-state index contributed by atoms with van der Waals surface area (Å²) in [5, 5.41) is 0. The van der Waals surface area contributed by atoms with Gasteiger partial charge in [-0.05, 0) is 62.8 Å². The molecule has 3 aromatic carbocycles. The zero-order chi connectivity index (χ0) is 22.0. The number of ether oxygens (including phenoxy) is 1. The maximum Gasteiger partial charge on any atom is 0.134 e. The van der Waals surface area contributed by atoms with Crippen LogP contribution in [0.4, 0.5) is 0 Å². The quantitative estimate of drug-likeness (QED) is 0.250. The van der Waals surface area contributed by atoms with Crippen molar-refractivity contribution in [3.63, 3.8) is 0 Å². The first-order valence-electron chi connectivity index (χ1n) is 10.9. The van der Waals surface area contributed by atoms with Gasteiger partial charge in [-0.1, -0.05) is 72.8 Å². The second-order valence-electron chi connectivity index (χ2n) is 7.85. The number of halogens is 1. The lowest BCUT2D eigenvalue weighted by Gasteiger charge is -2.23. The zero-order valence-corrected chi connectivity index (χ0v) is 19.6. The van der Waals surface area contributed by atoms with Crippen LogP contribution in [0.25, 0.3) is 0 Å². The van der Waals surface area contributed by atoms with Gasteiger partial charge >= 0.3 is 0 Å². The van der Waals surface area contributed by atoms with Gasteiger partial charge in [0, 0.05) is 32.0 Å². The Bertz CT molecular complexity index is 1090. The van der Waals surface area contributed by atoms with E-state index in [0.29, 0.717) is 6.61 Å². The van der Waals surface area contributed by atoms with Gasteiger partial charge < -0.3 is 4.74 Å². The smallest absolute Gasteiger partial charge is 0.134 e. The van der Waals surface area contributed by atoms with Crippen LogP contribution in [-0.4, -0.2) is 16.4 Å². The lowest BCUT2D eigenvalue weighted by molar-refractivity contribution is 0.259. The van der Waals surface area contributed by atoms with E-state index in [2.05, 4.69) is 92.5 Å². The Kier molecular flexibility index (Phi) is 8.07. The van der Waals surface area contributed by atoms with Gasteiger partial charge in [0.25, 0.3) is 0 Å². The average Bonchev–Trinajstić information content (AvgIpc) is 2.84. The van der Waals surface area contributed by atoms with Crippen LogP contribution in [-0.2, 0) is 26.1 Å². The maximum absolute atomic E-state index is 6.02. The highest BCUT2D eigenvalue weighted by Crippen LogP contribution is 2.27. The van der Waals surface area contributed by atoms with Crippen molar-refractivity contribution in [1.82, 2.24) is 9.88 Å². The molecule has 0 saturated carbocycles. The van der Waals surface area contributed by atoms with E-state index >= 15 is 0 Å². The number of nitrogens with zero attached hydrogens (tertiary/aromatic N) is 2. The third-order valence-electron chi connectivity index (χ3n) is 5.33. The Labute approximate surface area is 198 Å². The fourth-order valence-electron chi connectivity index (χ4n) is 3.65. The summed E-state index contributed by atoms with van der Waals surface area (Å²) in [4.78, 5) is 6.75. The van der Waals surface area contributed by atoms with Crippen molar-refractivity contribution in [2.45, 2.75) is 26.1 Å². The van der Waals surface area contributed by atoms with Crippen LogP contribution in [0.1, 0.15) is 22.3 Å². The summed E-state index contributed by atoms with van der Waals surface area (Å²) < 4.78 is 7.00. The van der Waals surface area contributed by atoms with Gasteiger partial charge in [0.1, 0.15) is 12.4 Å². The van der Waals surface area contributed by atoms with E-state index in [0.717, 1.165) is 41.8 Å². The van der Waals surface area contributed by atoms with E-state index in [-0.39, 0.29) is 0 Å². The van der Waals surface area contributed by atoms with Crippen LogP contribution < -0.4 is 4.74 Å². The topological polar surface area (TPSA) is 25.4 Å². The number of rotatable bonds is 10. The second kappa shape index (κ2) is 11.6. The molecule has 3 nitrogen and oxygen atoms in total. The van der Waals surface area contributed by atoms with Crippen molar-refractivity contribution in [3.8, 4) is 5.75 Å². The van der Waals surface area contributed by atoms with Crippen LogP contribution >= 0.6 is 15.9 Å². The highest BCUT2D eigenvalue weighted by Gasteiger charge is 2.10. The maximum atomic E-state index is 6.02. The van der Waals surface area contributed by atoms with Gasteiger partial charge in [-0.3, -0.25) is 9.88 Å². The first-order chi connectivity index (χ1) is 15.8. The lowest BCUT2D eigenvalue weighted by atomic mass is 10.1. The van der Waals surface area contributed by atoms with E-state index in [1.165, 1.54) is 16.7 Å². The van der Waals surface area contributed by atoms with E-state index in [1.807, 2.05) is 36.7 Å². The molecule has 1 aromatic heterocycles. The normalized spacial score (nSPS) is 10.9. The van der Waals surface area contributed by atoms with Crippen molar-refractivity contribution < 1.29 is 4.74 Å². The summed E-state index contributed by atoms with van der Waals surface area (Å²) in [6, 6.07) is 31.4. The third kappa shape index (κ3) is 6.78. The van der Waals surface area contributed by atoms with E-state index in [9.17, 15) is 0 Å². The Morgan fingerprint density at radius 3 is 2.09 bits per heavy atom. The third-order valence-corrected chi connectivity index (χ3v) is 5.95. The fourth-order valence-corrected chi connectivity index (χ4v) is 4.19. The Hall–Kier alpha value is -2.95. The van der Waals surface area contributed by atoms with Crippen molar-refractivity contribution in [1.29, 1.82) is 0 Å². The first-order valence-corrected chi connectivity index (χ1v) is 11.7. The molecule has 0 amide bonds. The van der Waals surface area contributed by atoms with E-state index in [4.69, 9.17) is 4.74 Å². The minimum Gasteiger partial charge on any atom is -0.488 e. The van der Waals surface area contributed by atoms with Gasteiger partial charge in [0.15, 0.2) is 0 Å². The molecule has 0 radical (unpaired) electrons. The Balaban J connectivity index is 1.42. The average molecular weight is 487 g/mol. The molecule has 162 valence electrons. The number of benzene rings is 3. The van der Waals surface area contributed by atoms with Crippen LogP contribution in [0.3, 0.4) is 0 Å². The summed E-state index contributed by atoms with van der Waals surface area (Å²) in [5.74, 6) is 0.862. The molecule has 4 heteroatoms. The summed E-state index contributed by atoms with van der Waals surface area (Å²) in [6.07, 6.45) is 4.79. The Morgan fingerprint density at radius 2 is 1.41 bits per heavy atom. The minimum absolute atomic E-state index is 0.559. The van der Waals surface area contributed by atoms with Gasteiger partial charge in [0.05, 0.1) is 4.47 Å². The lowest BCUT2D eigenvalue weighted by Crippen LogP contribution is -2.25. The number of hydrogen-bond donors (Lipinski definition) is 0. The molecule has 0 aliphatic carbocycles. The van der Waals surface area contributed by atoms with E-state index < -0.39 is 0 Å². The van der Waals surface area contributed by atoms with Crippen molar-refractivity contribution in [3.05, 3.63) is 130 Å². The second-order valence-corrected chi connectivity index (χ2v) is 8.70. The molecule has 1 heterocycles. The van der Waals surface area contributed by atoms with E-state index in [1.54, 1.807) is 0 Å².